The lowest BCUT2D eigenvalue weighted by Crippen LogP contribution is -2.44. The second kappa shape index (κ2) is 6.83. The molecule has 0 radical (unpaired) electrons. The Balaban J connectivity index is 2.47. The minimum atomic E-state index is -0.848. The maximum Gasteiger partial charge on any atom is 0.318 e. The molecule has 0 aromatic heterocycles. The lowest BCUT2D eigenvalue weighted by molar-refractivity contribution is -0.140. The summed E-state index contributed by atoms with van der Waals surface area (Å²) in [6.45, 7) is 6.78. The zero-order chi connectivity index (χ0) is 13.5. The molecule has 0 heterocycles. The summed E-state index contributed by atoms with van der Waals surface area (Å²) < 4.78 is 0. The minimum absolute atomic E-state index is 0.169. The summed E-state index contributed by atoms with van der Waals surface area (Å²) in [5.41, 5.74) is 0. The number of hydrogen-bond acceptors (Lipinski definition) is 2. The third-order valence-corrected chi connectivity index (χ3v) is 2.84. The van der Waals surface area contributed by atoms with Gasteiger partial charge in [0.25, 0.3) is 0 Å². The van der Waals surface area contributed by atoms with Crippen molar-refractivity contribution in [3.8, 4) is 0 Å². The Labute approximate surface area is 107 Å². The van der Waals surface area contributed by atoms with E-state index >= 15 is 0 Å². The predicted octanol–water partition coefficient (Wildman–Crippen LogP) is 1.62. The molecule has 0 saturated heterocycles. The van der Waals surface area contributed by atoms with Crippen LogP contribution < -0.4 is 5.32 Å². The van der Waals surface area contributed by atoms with Gasteiger partial charge < -0.3 is 15.3 Å². The number of nitrogens with one attached hydrogen (secondary N) is 1. The highest BCUT2D eigenvalue weighted by atomic mass is 16.4. The first kappa shape index (κ1) is 14.3. The molecular weight excluding hydrogens is 232 g/mol. The topological polar surface area (TPSA) is 69.6 Å². The second-order valence-corrected chi connectivity index (χ2v) is 4.36. The average molecular weight is 252 g/mol. The summed E-state index contributed by atoms with van der Waals surface area (Å²) >= 11 is 0. The normalized spacial score (nSPS) is 21.6. The van der Waals surface area contributed by atoms with Gasteiger partial charge in [0, 0.05) is 13.1 Å². The highest BCUT2D eigenvalue weighted by Crippen LogP contribution is 2.18. The van der Waals surface area contributed by atoms with Gasteiger partial charge in [-0.1, -0.05) is 25.2 Å². The molecule has 2 atom stereocenters. The number of carbonyl (C=O) groups excluding carboxylic acids is 1. The van der Waals surface area contributed by atoms with Gasteiger partial charge in [-0.2, -0.15) is 0 Å². The fourth-order valence-electron chi connectivity index (χ4n) is 1.94. The molecule has 0 saturated carbocycles. The molecule has 1 aliphatic rings. The van der Waals surface area contributed by atoms with Crippen LogP contribution >= 0.6 is 0 Å². The van der Waals surface area contributed by atoms with Crippen molar-refractivity contribution >= 4 is 12.0 Å². The molecule has 0 aromatic carbocycles. The number of nitrogens with zero attached hydrogens (tertiary/aromatic N) is 1. The fourth-order valence-corrected chi connectivity index (χ4v) is 1.94. The first-order valence-electron chi connectivity index (χ1n) is 6.16. The SMILES string of the molecule is C=CCN(CCC)C(=O)NC1C=CC(C(=O)O)C1. The van der Waals surface area contributed by atoms with Gasteiger partial charge in [-0.25, -0.2) is 4.79 Å². The molecule has 18 heavy (non-hydrogen) atoms. The molecule has 0 fully saturated rings. The number of hydrogen-bond donors (Lipinski definition) is 2. The van der Waals surface area contributed by atoms with E-state index < -0.39 is 11.9 Å². The summed E-state index contributed by atoms with van der Waals surface area (Å²) in [6, 6.07) is -0.361. The van der Waals surface area contributed by atoms with Crippen molar-refractivity contribution in [2.45, 2.75) is 25.8 Å². The van der Waals surface area contributed by atoms with Gasteiger partial charge in [0.15, 0.2) is 0 Å². The molecule has 5 nitrogen and oxygen atoms in total. The Bertz CT molecular complexity index is 352. The number of carboxylic acids is 1. The average Bonchev–Trinajstić information content (AvgIpc) is 2.77. The fraction of sp³-hybridized carbons (Fsp3) is 0.538. The summed E-state index contributed by atoms with van der Waals surface area (Å²) in [4.78, 5) is 24.4. The lowest BCUT2D eigenvalue weighted by Gasteiger charge is -2.23. The summed E-state index contributed by atoms with van der Waals surface area (Å²) in [5, 5.41) is 11.7. The second-order valence-electron chi connectivity index (χ2n) is 4.36. The van der Waals surface area contributed by atoms with Crippen LogP contribution in [0, 0.1) is 5.92 Å². The molecule has 100 valence electrons. The Morgan fingerprint density at radius 1 is 1.56 bits per heavy atom. The monoisotopic (exact) mass is 252 g/mol. The van der Waals surface area contributed by atoms with Crippen LogP contribution in [0.4, 0.5) is 4.79 Å². The van der Waals surface area contributed by atoms with Gasteiger partial charge >= 0.3 is 12.0 Å². The maximum absolute atomic E-state index is 11.9. The zero-order valence-corrected chi connectivity index (χ0v) is 10.6. The van der Waals surface area contributed by atoms with Crippen molar-refractivity contribution in [2.24, 2.45) is 5.92 Å². The highest BCUT2D eigenvalue weighted by Gasteiger charge is 2.26. The lowest BCUT2D eigenvalue weighted by atomic mass is 10.1. The first-order valence-corrected chi connectivity index (χ1v) is 6.16. The van der Waals surface area contributed by atoms with E-state index in [1.54, 1.807) is 23.1 Å². The van der Waals surface area contributed by atoms with Gasteiger partial charge in [-0.15, -0.1) is 6.58 Å². The number of carboxylic acid groups (broad SMARTS) is 1. The number of carbonyl (C=O) groups is 2. The molecule has 1 aliphatic carbocycles. The van der Waals surface area contributed by atoms with Crippen LogP contribution in [0.15, 0.2) is 24.8 Å². The smallest absolute Gasteiger partial charge is 0.318 e. The van der Waals surface area contributed by atoms with Crippen molar-refractivity contribution in [3.63, 3.8) is 0 Å². The van der Waals surface area contributed by atoms with Gasteiger partial charge in [0.1, 0.15) is 0 Å². The summed E-state index contributed by atoms with van der Waals surface area (Å²) in [7, 11) is 0. The van der Waals surface area contributed by atoms with Crippen molar-refractivity contribution in [1.29, 1.82) is 0 Å². The van der Waals surface area contributed by atoms with E-state index in [4.69, 9.17) is 5.11 Å². The third-order valence-electron chi connectivity index (χ3n) is 2.84. The Morgan fingerprint density at radius 3 is 2.78 bits per heavy atom. The zero-order valence-electron chi connectivity index (χ0n) is 10.6. The first-order chi connectivity index (χ1) is 8.58. The molecule has 0 bridgehead atoms. The highest BCUT2D eigenvalue weighted by molar-refractivity contribution is 5.76. The van der Waals surface area contributed by atoms with Crippen LogP contribution in [0.2, 0.25) is 0 Å². The quantitative estimate of drug-likeness (QED) is 0.706. The van der Waals surface area contributed by atoms with Crippen molar-refractivity contribution in [1.82, 2.24) is 10.2 Å². The van der Waals surface area contributed by atoms with E-state index in [1.807, 2.05) is 6.92 Å². The maximum atomic E-state index is 11.9. The van der Waals surface area contributed by atoms with E-state index in [1.165, 1.54) is 0 Å². The molecule has 2 N–H and O–H groups in total. The largest absolute Gasteiger partial charge is 0.481 e. The number of aliphatic carboxylic acids is 1. The summed E-state index contributed by atoms with van der Waals surface area (Å²) in [6.07, 6.45) is 6.36. The van der Waals surface area contributed by atoms with Crippen LogP contribution in [-0.4, -0.2) is 41.1 Å². The van der Waals surface area contributed by atoms with Crippen molar-refractivity contribution in [3.05, 3.63) is 24.8 Å². The summed E-state index contributed by atoms with van der Waals surface area (Å²) in [5.74, 6) is -1.34. The Morgan fingerprint density at radius 2 is 2.28 bits per heavy atom. The van der Waals surface area contributed by atoms with E-state index in [0.29, 0.717) is 19.5 Å². The van der Waals surface area contributed by atoms with Gasteiger partial charge in [-0.3, -0.25) is 4.79 Å². The number of rotatable bonds is 6. The van der Waals surface area contributed by atoms with Crippen molar-refractivity contribution < 1.29 is 14.7 Å². The Hall–Kier alpha value is -1.78. The molecule has 2 amide bonds. The van der Waals surface area contributed by atoms with Crippen LogP contribution in [0.25, 0.3) is 0 Å². The van der Waals surface area contributed by atoms with E-state index in [-0.39, 0.29) is 12.1 Å². The molecule has 1 rings (SSSR count). The molecule has 2 unspecified atom stereocenters. The third kappa shape index (κ3) is 3.91. The number of urea groups is 1. The van der Waals surface area contributed by atoms with Gasteiger partial charge in [-0.05, 0) is 12.8 Å². The van der Waals surface area contributed by atoms with Crippen molar-refractivity contribution in [2.75, 3.05) is 13.1 Å². The van der Waals surface area contributed by atoms with E-state index in [9.17, 15) is 9.59 Å². The van der Waals surface area contributed by atoms with E-state index in [0.717, 1.165) is 6.42 Å². The number of amides is 2. The minimum Gasteiger partial charge on any atom is -0.481 e. The van der Waals surface area contributed by atoms with Crippen LogP contribution in [0.3, 0.4) is 0 Å². The predicted molar refractivity (Wildman–Crippen MR) is 69.3 cm³/mol. The van der Waals surface area contributed by atoms with Crippen LogP contribution in [0.5, 0.6) is 0 Å². The molecule has 0 spiro atoms. The molecular formula is C13H20N2O3. The molecule has 0 aromatic rings. The Kier molecular flexibility index (Phi) is 5.42. The van der Waals surface area contributed by atoms with Gasteiger partial charge in [0.2, 0.25) is 0 Å². The van der Waals surface area contributed by atoms with Gasteiger partial charge in [0.05, 0.1) is 12.0 Å². The molecule has 5 heteroatoms. The van der Waals surface area contributed by atoms with Crippen LogP contribution in [-0.2, 0) is 4.79 Å². The molecule has 0 aliphatic heterocycles. The van der Waals surface area contributed by atoms with E-state index in [2.05, 4.69) is 11.9 Å². The standard InChI is InChI=1S/C13H20N2O3/c1-3-7-15(8-4-2)13(18)14-11-6-5-10(9-11)12(16)17/h3,5-6,10-11H,1,4,7-9H2,2H3,(H,14,18)(H,16,17). The van der Waals surface area contributed by atoms with Crippen LogP contribution in [0.1, 0.15) is 19.8 Å².